The molecule has 1 aromatic carbocycles. The van der Waals surface area contributed by atoms with Crippen molar-refractivity contribution in [2.45, 2.75) is 39.8 Å². The lowest BCUT2D eigenvalue weighted by Gasteiger charge is -2.25. The SMILES string of the molecule is CCCCn1c(N)c(N(CC)C(=O)CN(C)Cc2ccccc2F)c(=O)[nH]c1=O. The van der Waals surface area contributed by atoms with Crippen LogP contribution in [0.4, 0.5) is 15.9 Å². The van der Waals surface area contributed by atoms with Crippen LogP contribution in [0.25, 0.3) is 0 Å². The van der Waals surface area contributed by atoms with Crippen molar-refractivity contribution < 1.29 is 9.18 Å². The third-order valence-electron chi connectivity index (χ3n) is 4.64. The molecule has 2 rings (SSSR count). The molecule has 0 aliphatic rings. The van der Waals surface area contributed by atoms with E-state index in [0.29, 0.717) is 18.5 Å². The number of H-pyrrole nitrogens is 1. The number of likely N-dealkylation sites (N-methyl/N-ethyl adjacent to an activating group) is 2. The molecule has 1 amide bonds. The Bertz CT molecular complexity index is 969. The number of carbonyl (C=O) groups is 1. The molecule has 0 aliphatic heterocycles. The van der Waals surface area contributed by atoms with E-state index in [-0.39, 0.29) is 42.9 Å². The number of aromatic nitrogens is 2. The van der Waals surface area contributed by atoms with Gasteiger partial charge >= 0.3 is 5.69 Å². The predicted octanol–water partition coefficient (Wildman–Crippen LogP) is 1.54. The average Bonchev–Trinajstić information content (AvgIpc) is 2.66. The molecular formula is C20H28FN5O3. The van der Waals surface area contributed by atoms with Crippen molar-refractivity contribution in [1.82, 2.24) is 14.5 Å². The molecule has 8 nitrogen and oxygen atoms in total. The van der Waals surface area contributed by atoms with Gasteiger partial charge in [-0.05, 0) is 26.5 Å². The van der Waals surface area contributed by atoms with E-state index in [0.717, 1.165) is 6.42 Å². The van der Waals surface area contributed by atoms with Crippen LogP contribution in [0.1, 0.15) is 32.3 Å². The highest BCUT2D eigenvalue weighted by molar-refractivity contribution is 5.96. The Kier molecular flexibility index (Phi) is 7.72. The van der Waals surface area contributed by atoms with Gasteiger partial charge in [0.05, 0.1) is 6.54 Å². The topological polar surface area (TPSA) is 104 Å². The number of anilines is 2. The third-order valence-corrected chi connectivity index (χ3v) is 4.64. The van der Waals surface area contributed by atoms with E-state index >= 15 is 0 Å². The van der Waals surface area contributed by atoms with Gasteiger partial charge in [-0.3, -0.25) is 24.0 Å². The minimum atomic E-state index is -0.702. The van der Waals surface area contributed by atoms with E-state index < -0.39 is 11.2 Å². The molecule has 1 heterocycles. The minimum Gasteiger partial charge on any atom is -0.383 e. The first-order valence-corrected chi connectivity index (χ1v) is 9.65. The van der Waals surface area contributed by atoms with Crippen LogP contribution in [0.15, 0.2) is 33.9 Å². The van der Waals surface area contributed by atoms with Gasteiger partial charge in [-0.25, -0.2) is 9.18 Å². The summed E-state index contributed by atoms with van der Waals surface area (Å²) in [6, 6.07) is 6.35. The fraction of sp³-hybridized carbons (Fsp3) is 0.450. The third kappa shape index (κ3) is 5.32. The largest absolute Gasteiger partial charge is 0.383 e. The van der Waals surface area contributed by atoms with Gasteiger partial charge < -0.3 is 10.6 Å². The van der Waals surface area contributed by atoms with Crippen LogP contribution >= 0.6 is 0 Å². The maximum absolute atomic E-state index is 13.9. The van der Waals surface area contributed by atoms with E-state index in [1.54, 1.807) is 37.1 Å². The zero-order valence-electron chi connectivity index (χ0n) is 17.1. The molecule has 0 radical (unpaired) electrons. The summed E-state index contributed by atoms with van der Waals surface area (Å²) in [4.78, 5) is 42.5. The Hall–Kier alpha value is -2.94. The summed E-state index contributed by atoms with van der Waals surface area (Å²) in [7, 11) is 1.69. The fourth-order valence-corrected chi connectivity index (χ4v) is 3.13. The number of nitrogens with one attached hydrogen (secondary N) is 1. The summed E-state index contributed by atoms with van der Waals surface area (Å²) in [6.07, 6.45) is 1.55. The van der Waals surface area contributed by atoms with Crippen LogP contribution in [0, 0.1) is 5.82 Å². The Morgan fingerprint density at radius 1 is 1.24 bits per heavy atom. The molecule has 158 valence electrons. The summed E-state index contributed by atoms with van der Waals surface area (Å²) in [5.41, 5.74) is 5.24. The quantitative estimate of drug-likeness (QED) is 0.659. The van der Waals surface area contributed by atoms with Crippen molar-refractivity contribution in [3.63, 3.8) is 0 Å². The minimum absolute atomic E-state index is 0.0286. The number of halogens is 1. The van der Waals surface area contributed by atoms with Crippen molar-refractivity contribution in [1.29, 1.82) is 0 Å². The maximum Gasteiger partial charge on any atom is 0.330 e. The molecule has 0 unspecified atom stereocenters. The highest BCUT2D eigenvalue weighted by Gasteiger charge is 2.24. The molecule has 2 aromatic rings. The lowest BCUT2D eigenvalue weighted by molar-refractivity contribution is -0.119. The van der Waals surface area contributed by atoms with Gasteiger partial charge in [-0.1, -0.05) is 31.5 Å². The van der Waals surface area contributed by atoms with Crippen LogP contribution < -0.4 is 21.9 Å². The molecule has 3 N–H and O–H groups in total. The maximum atomic E-state index is 13.9. The Balaban J connectivity index is 2.26. The monoisotopic (exact) mass is 405 g/mol. The van der Waals surface area contributed by atoms with Gasteiger partial charge in [0.25, 0.3) is 5.56 Å². The standard InChI is InChI=1S/C20H28FN5O3/c1-4-6-11-26-18(22)17(19(28)23-20(26)29)25(5-2)16(27)13-24(3)12-14-9-7-8-10-15(14)21/h7-10H,4-6,11-13,22H2,1-3H3,(H,23,28,29). The van der Waals surface area contributed by atoms with Gasteiger partial charge in [0.15, 0.2) is 5.69 Å². The van der Waals surface area contributed by atoms with Gasteiger partial charge in [-0.15, -0.1) is 0 Å². The smallest absolute Gasteiger partial charge is 0.330 e. The fourth-order valence-electron chi connectivity index (χ4n) is 3.13. The summed E-state index contributed by atoms with van der Waals surface area (Å²) in [5, 5.41) is 0. The van der Waals surface area contributed by atoms with Gasteiger partial charge in [-0.2, -0.15) is 0 Å². The summed E-state index contributed by atoms with van der Waals surface area (Å²) >= 11 is 0. The van der Waals surface area contributed by atoms with Crippen molar-refractivity contribution in [3.05, 3.63) is 56.5 Å². The first-order chi connectivity index (χ1) is 13.8. The molecule has 0 fully saturated rings. The Morgan fingerprint density at radius 3 is 2.55 bits per heavy atom. The summed E-state index contributed by atoms with van der Waals surface area (Å²) < 4.78 is 15.1. The average molecular weight is 405 g/mol. The van der Waals surface area contributed by atoms with E-state index in [2.05, 4.69) is 4.98 Å². The molecule has 0 bridgehead atoms. The molecule has 0 aliphatic carbocycles. The first kappa shape index (κ1) is 22.4. The number of rotatable bonds is 9. The number of aromatic amines is 1. The van der Waals surface area contributed by atoms with E-state index in [4.69, 9.17) is 5.73 Å². The number of nitrogens with two attached hydrogens (primary N) is 1. The van der Waals surface area contributed by atoms with Gasteiger partial charge in [0.1, 0.15) is 11.6 Å². The number of hydrogen-bond acceptors (Lipinski definition) is 5. The van der Waals surface area contributed by atoms with Crippen LogP contribution in [0.5, 0.6) is 0 Å². The Morgan fingerprint density at radius 2 is 1.93 bits per heavy atom. The van der Waals surface area contributed by atoms with Crippen LogP contribution in [-0.4, -0.2) is 40.5 Å². The number of unbranched alkanes of at least 4 members (excludes halogenated alkanes) is 1. The van der Waals surface area contributed by atoms with Crippen molar-refractivity contribution in [2.24, 2.45) is 0 Å². The van der Waals surface area contributed by atoms with E-state index in [1.807, 2.05) is 6.92 Å². The van der Waals surface area contributed by atoms with Crippen molar-refractivity contribution in [2.75, 3.05) is 30.8 Å². The number of hydrogen-bond donors (Lipinski definition) is 2. The van der Waals surface area contributed by atoms with E-state index in [9.17, 15) is 18.8 Å². The molecule has 0 saturated carbocycles. The molecular weight excluding hydrogens is 377 g/mol. The zero-order valence-corrected chi connectivity index (χ0v) is 17.1. The van der Waals surface area contributed by atoms with Gasteiger partial charge in [0.2, 0.25) is 5.91 Å². The molecule has 0 spiro atoms. The molecule has 0 atom stereocenters. The van der Waals surface area contributed by atoms with E-state index in [1.165, 1.54) is 15.5 Å². The highest BCUT2D eigenvalue weighted by Crippen LogP contribution is 2.18. The predicted molar refractivity (Wildman–Crippen MR) is 111 cm³/mol. The molecule has 1 aromatic heterocycles. The lowest BCUT2D eigenvalue weighted by Crippen LogP contribution is -2.44. The zero-order chi connectivity index (χ0) is 21.6. The number of carbonyl (C=O) groups excluding carboxylic acids is 1. The van der Waals surface area contributed by atoms with Crippen molar-refractivity contribution in [3.8, 4) is 0 Å². The van der Waals surface area contributed by atoms with Crippen molar-refractivity contribution >= 4 is 17.4 Å². The second kappa shape index (κ2) is 10.0. The van der Waals surface area contributed by atoms with Crippen LogP contribution in [-0.2, 0) is 17.9 Å². The van der Waals surface area contributed by atoms with Crippen LogP contribution in [0.3, 0.4) is 0 Å². The highest BCUT2D eigenvalue weighted by atomic mass is 19.1. The molecule has 9 heteroatoms. The number of amides is 1. The molecule has 0 saturated heterocycles. The summed E-state index contributed by atoms with van der Waals surface area (Å²) in [5.74, 6) is -0.744. The second-order valence-corrected chi connectivity index (χ2v) is 6.90. The first-order valence-electron chi connectivity index (χ1n) is 9.65. The van der Waals surface area contributed by atoms with Crippen LogP contribution in [0.2, 0.25) is 0 Å². The van der Waals surface area contributed by atoms with Gasteiger partial charge in [0, 0.05) is 25.2 Å². The number of benzene rings is 1. The normalized spacial score (nSPS) is 11.1. The lowest BCUT2D eigenvalue weighted by atomic mass is 10.2. The Labute approximate surface area is 168 Å². The number of nitrogens with zero attached hydrogens (tertiary/aromatic N) is 3. The summed E-state index contributed by atoms with van der Waals surface area (Å²) in [6.45, 7) is 4.43. The molecule has 29 heavy (non-hydrogen) atoms. The second-order valence-electron chi connectivity index (χ2n) is 6.90. The number of nitrogen functional groups attached to an aromatic ring is 1.